The third-order valence-corrected chi connectivity index (χ3v) is 4.86. The molecule has 0 spiro atoms. The van der Waals surface area contributed by atoms with Gasteiger partial charge in [0.15, 0.2) is 0 Å². The van der Waals surface area contributed by atoms with Crippen molar-refractivity contribution in [2.45, 2.75) is 39.5 Å². The van der Waals surface area contributed by atoms with Gasteiger partial charge in [0.2, 0.25) is 11.7 Å². The number of amides is 1. The molecule has 2 aliphatic rings. The Morgan fingerprint density at radius 3 is 2.68 bits per heavy atom. The van der Waals surface area contributed by atoms with Gasteiger partial charge in [-0.05, 0) is 30.4 Å². The fourth-order valence-electron chi connectivity index (χ4n) is 3.07. The van der Waals surface area contributed by atoms with E-state index < -0.39 is 0 Å². The summed E-state index contributed by atoms with van der Waals surface area (Å²) in [6.07, 6.45) is 3.79. The van der Waals surface area contributed by atoms with Gasteiger partial charge in [-0.1, -0.05) is 25.9 Å². The van der Waals surface area contributed by atoms with Crippen molar-refractivity contribution in [1.29, 1.82) is 0 Å². The first kappa shape index (κ1) is 18.7. The van der Waals surface area contributed by atoms with Gasteiger partial charge in [-0.25, -0.2) is 9.78 Å². The minimum Gasteiger partial charge on any atom is -0.449 e. The highest BCUT2D eigenvalue weighted by Crippen LogP contribution is 2.39. The van der Waals surface area contributed by atoms with Gasteiger partial charge in [0.1, 0.15) is 5.82 Å². The highest BCUT2D eigenvalue weighted by molar-refractivity contribution is 5.68. The molecule has 1 amide bonds. The number of pyridine rings is 1. The van der Waals surface area contributed by atoms with E-state index in [-0.39, 0.29) is 11.5 Å². The standard InChI is InChI=1S/C20H27N5O3/c1-20(2,3)13-27-19(26)25-10-8-24(9-11-25)16-12-15(6-7-21-16)17-22-18(28-23-17)14-4-5-14/h6-7,12,14H,4-5,8-11,13H2,1-3H3. The molecule has 1 aliphatic heterocycles. The first-order valence-corrected chi connectivity index (χ1v) is 9.86. The Kier molecular flexibility index (Phi) is 4.95. The molecule has 0 aromatic carbocycles. The number of anilines is 1. The molecule has 2 aromatic rings. The number of piperazine rings is 1. The zero-order valence-electron chi connectivity index (χ0n) is 16.7. The number of aromatic nitrogens is 3. The summed E-state index contributed by atoms with van der Waals surface area (Å²) in [4.78, 5) is 25.2. The maximum absolute atomic E-state index is 12.2. The zero-order chi connectivity index (χ0) is 19.7. The molecule has 150 valence electrons. The van der Waals surface area contributed by atoms with Gasteiger partial charge < -0.3 is 19.1 Å². The molecule has 1 saturated carbocycles. The van der Waals surface area contributed by atoms with Crippen LogP contribution in [-0.4, -0.2) is 58.9 Å². The lowest BCUT2D eigenvalue weighted by Gasteiger charge is -2.35. The zero-order valence-corrected chi connectivity index (χ0v) is 16.7. The van der Waals surface area contributed by atoms with Crippen molar-refractivity contribution in [3.63, 3.8) is 0 Å². The van der Waals surface area contributed by atoms with Crippen LogP contribution in [0.3, 0.4) is 0 Å². The Hall–Kier alpha value is -2.64. The average molecular weight is 385 g/mol. The van der Waals surface area contributed by atoms with Gasteiger partial charge >= 0.3 is 6.09 Å². The van der Waals surface area contributed by atoms with Crippen LogP contribution in [0.25, 0.3) is 11.4 Å². The van der Waals surface area contributed by atoms with E-state index in [0.717, 1.165) is 30.1 Å². The summed E-state index contributed by atoms with van der Waals surface area (Å²) in [6, 6.07) is 3.88. The van der Waals surface area contributed by atoms with Crippen LogP contribution in [0.15, 0.2) is 22.9 Å². The van der Waals surface area contributed by atoms with Gasteiger partial charge in [-0.2, -0.15) is 4.98 Å². The minimum atomic E-state index is -0.240. The lowest BCUT2D eigenvalue weighted by Crippen LogP contribution is -2.49. The first-order chi connectivity index (χ1) is 13.4. The number of hydrogen-bond donors (Lipinski definition) is 0. The van der Waals surface area contributed by atoms with E-state index in [9.17, 15) is 4.79 Å². The second-order valence-corrected chi connectivity index (χ2v) is 8.72. The number of ether oxygens (including phenoxy) is 1. The lowest BCUT2D eigenvalue weighted by molar-refractivity contribution is 0.0707. The highest BCUT2D eigenvalue weighted by atomic mass is 16.6. The Labute approximate surface area is 164 Å². The van der Waals surface area contributed by atoms with E-state index in [1.165, 1.54) is 0 Å². The van der Waals surface area contributed by atoms with E-state index in [4.69, 9.17) is 9.26 Å². The number of nitrogens with zero attached hydrogens (tertiary/aromatic N) is 5. The van der Waals surface area contributed by atoms with E-state index in [2.05, 4.69) is 20.0 Å². The maximum Gasteiger partial charge on any atom is 0.409 e. The molecular weight excluding hydrogens is 358 g/mol. The summed E-state index contributed by atoms with van der Waals surface area (Å²) in [5.74, 6) is 2.64. The van der Waals surface area contributed by atoms with E-state index >= 15 is 0 Å². The van der Waals surface area contributed by atoms with Crippen molar-refractivity contribution < 1.29 is 14.1 Å². The van der Waals surface area contributed by atoms with Crippen molar-refractivity contribution in [3.05, 3.63) is 24.2 Å². The molecular formula is C20H27N5O3. The van der Waals surface area contributed by atoms with Gasteiger partial charge in [0, 0.05) is 43.9 Å². The topological polar surface area (TPSA) is 84.6 Å². The van der Waals surface area contributed by atoms with Crippen molar-refractivity contribution in [2.24, 2.45) is 5.41 Å². The molecule has 1 aliphatic carbocycles. The molecule has 2 fully saturated rings. The van der Waals surface area contributed by atoms with Crippen molar-refractivity contribution in [1.82, 2.24) is 20.0 Å². The second-order valence-electron chi connectivity index (χ2n) is 8.72. The van der Waals surface area contributed by atoms with Crippen LogP contribution in [-0.2, 0) is 4.74 Å². The predicted molar refractivity (Wildman–Crippen MR) is 104 cm³/mol. The fourth-order valence-corrected chi connectivity index (χ4v) is 3.07. The summed E-state index contributed by atoms with van der Waals surface area (Å²) >= 11 is 0. The number of hydrogen-bond acceptors (Lipinski definition) is 7. The SMILES string of the molecule is CC(C)(C)COC(=O)N1CCN(c2cc(-c3noc(C4CC4)n3)ccn2)CC1. The largest absolute Gasteiger partial charge is 0.449 e. The quantitative estimate of drug-likeness (QED) is 0.798. The third-order valence-electron chi connectivity index (χ3n) is 4.86. The van der Waals surface area contributed by atoms with Crippen LogP contribution in [0.4, 0.5) is 10.6 Å². The number of rotatable bonds is 4. The molecule has 0 bridgehead atoms. The Bertz CT molecular complexity index is 832. The molecule has 2 aromatic heterocycles. The van der Waals surface area contributed by atoms with Crippen molar-refractivity contribution >= 4 is 11.9 Å². The summed E-state index contributed by atoms with van der Waals surface area (Å²) in [7, 11) is 0. The van der Waals surface area contributed by atoms with Gasteiger partial charge in [-0.3, -0.25) is 0 Å². The molecule has 0 N–H and O–H groups in total. The number of carbonyl (C=O) groups excluding carboxylic acids is 1. The first-order valence-electron chi connectivity index (χ1n) is 9.86. The summed E-state index contributed by atoms with van der Waals surface area (Å²) in [6.45, 7) is 9.22. The predicted octanol–water partition coefficient (Wildman–Crippen LogP) is 3.31. The summed E-state index contributed by atoms with van der Waals surface area (Å²) in [5, 5.41) is 4.11. The molecule has 8 nitrogen and oxygen atoms in total. The van der Waals surface area contributed by atoms with Crippen molar-refractivity contribution in [2.75, 3.05) is 37.7 Å². The van der Waals surface area contributed by atoms with Crippen molar-refractivity contribution in [3.8, 4) is 11.4 Å². The molecule has 0 radical (unpaired) electrons. The average Bonchev–Trinajstić information content (AvgIpc) is 3.42. The normalized spacial score (nSPS) is 17.7. The molecule has 28 heavy (non-hydrogen) atoms. The minimum absolute atomic E-state index is 0.0314. The lowest BCUT2D eigenvalue weighted by atomic mass is 9.99. The fraction of sp³-hybridized carbons (Fsp3) is 0.600. The van der Waals surface area contributed by atoms with Crippen LogP contribution in [0.1, 0.15) is 45.4 Å². The van der Waals surface area contributed by atoms with E-state index in [0.29, 0.717) is 44.5 Å². The summed E-state index contributed by atoms with van der Waals surface area (Å²) in [5.41, 5.74) is 0.865. The van der Waals surface area contributed by atoms with Crippen LogP contribution >= 0.6 is 0 Å². The third kappa shape index (κ3) is 4.43. The van der Waals surface area contributed by atoms with E-state index in [1.54, 1.807) is 11.1 Å². The molecule has 1 saturated heterocycles. The Balaban J connectivity index is 1.36. The monoisotopic (exact) mass is 385 g/mol. The number of carbonyl (C=O) groups is 1. The maximum atomic E-state index is 12.2. The van der Waals surface area contributed by atoms with Crippen LogP contribution in [0.2, 0.25) is 0 Å². The second kappa shape index (κ2) is 7.41. The molecule has 8 heteroatoms. The van der Waals surface area contributed by atoms with E-state index in [1.807, 2.05) is 32.9 Å². The molecule has 4 rings (SSSR count). The van der Waals surface area contributed by atoms with Gasteiger partial charge in [0.25, 0.3) is 0 Å². The Morgan fingerprint density at radius 2 is 2.00 bits per heavy atom. The summed E-state index contributed by atoms with van der Waals surface area (Å²) < 4.78 is 10.8. The molecule has 3 heterocycles. The highest BCUT2D eigenvalue weighted by Gasteiger charge is 2.30. The van der Waals surface area contributed by atoms with Crippen LogP contribution in [0, 0.1) is 5.41 Å². The smallest absolute Gasteiger partial charge is 0.409 e. The Morgan fingerprint density at radius 1 is 1.25 bits per heavy atom. The van der Waals surface area contributed by atoms with Crippen LogP contribution in [0.5, 0.6) is 0 Å². The molecule has 0 atom stereocenters. The molecule has 0 unspecified atom stereocenters. The van der Waals surface area contributed by atoms with Gasteiger partial charge in [0.05, 0.1) is 6.61 Å². The van der Waals surface area contributed by atoms with Crippen LogP contribution < -0.4 is 4.90 Å². The van der Waals surface area contributed by atoms with Gasteiger partial charge in [-0.15, -0.1) is 0 Å².